The van der Waals surface area contributed by atoms with Crippen LogP contribution in [0.4, 0.5) is 5.95 Å². The summed E-state index contributed by atoms with van der Waals surface area (Å²) < 4.78 is 1.88. The Balaban J connectivity index is 1.50. The zero-order valence-corrected chi connectivity index (χ0v) is 13.8. The fraction of sp³-hybridized carbons (Fsp3) is 0.333. The highest BCUT2D eigenvalue weighted by Gasteiger charge is 2.22. The summed E-state index contributed by atoms with van der Waals surface area (Å²) >= 11 is 0. The third-order valence-electron chi connectivity index (χ3n) is 4.62. The van der Waals surface area contributed by atoms with Crippen LogP contribution in [0.25, 0.3) is 11.0 Å². The highest BCUT2D eigenvalue weighted by Crippen LogP contribution is 2.19. The molecule has 0 bridgehead atoms. The molecule has 2 aromatic heterocycles. The first-order chi connectivity index (χ1) is 11.7. The number of imidazole rings is 1. The van der Waals surface area contributed by atoms with Gasteiger partial charge in [-0.3, -0.25) is 4.79 Å². The normalized spacial score (nSPS) is 15.7. The molecule has 1 aliphatic rings. The van der Waals surface area contributed by atoms with Crippen molar-refractivity contribution in [3.63, 3.8) is 0 Å². The van der Waals surface area contributed by atoms with Crippen LogP contribution in [0.2, 0.25) is 0 Å². The van der Waals surface area contributed by atoms with Crippen molar-refractivity contribution in [3.8, 4) is 0 Å². The van der Waals surface area contributed by atoms with Gasteiger partial charge in [0, 0.05) is 39.4 Å². The number of aromatic nitrogens is 3. The van der Waals surface area contributed by atoms with E-state index in [0.717, 1.165) is 48.7 Å². The van der Waals surface area contributed by atoms with Crippen molar-refractivity contribution in [2.75, 3.05) is 31.1 Å². The van der Waals surface area contributed by atoms with Crippen LogP contribution in [0, 0.1) is 0 Å². The van der Waals surface area contributed by atoms with E-state index in [9.17, 15) is 4.79 Å². The highest BCUT2D eigenvalue weighted by molar-refractivity contribution is 5.92. The minimum atomic E-state index is 0.106. The smallest absolute Gasteiger partial charge is 0.270 e. The van der Waals surface area contributed by atoms with Gasteiger partial charge in [0.25, 0.3) is 5.91 Å². The lowest BCUT2D eigenvalue weighted by molar-refractivity contribution is 0.0757. The molecule has 0 radical (unpaired) electrons. The van der Waals surface area contributed by atoms with E-state index >= 15 is 0 Å². The summed E-state index contributed by atoms with van der Waals surface area (Å²) in [7, 11) is 1.91. The summed E-state index contributed by atoms with van der Waals surface area (Å²) in [6.07, 6.45) is 2.85. The number of anilines is 1. The summed E-state index contributed by atoms with van der Waals surface area (Å²) in [6, 6.07) is 11.8. The molecular formula is C18H21N5O. The number of benzene rings is 1. The fourth-order valence-corrected chi connectivity index (χ4v) is 3.27. The number of carbonyl (C=O) groups is 1. The molecule has 3 aromatic rings. The van der Waals surface area contributed by atoms with Crippen LogP contribution in [0.3, 0.4) is 0 Å². The Kier molecular flexibility index (Phi) is 3.72. The maximum absolute atomic E-state index is 12.7. The van der Waals surface area contributed by atoms with Crippen molar-refractivity contribution >= 4 is 22.9 Å². The predicted molar refractivity (Wildman–Crippen MR) is 94.2 cm³/mol. The van der Waals surface area contributed by atoms with Gasteiger partial charge in [-0.15, -0.1) is 0 Å². The summed E-state index contributed by atoms with van der Waals surface area (Å²) in [5.41, 5.74) is 2.77. The molecule has 124 valence electrons. The molecule has 1 N–H and O–H groups in total. The first-order valence-corrected chi connectivity index (χ1v) is 8.33. The molecule has 1 fully saturated rings. The topological polar surface area (TPSA) is 57.2 Å². The lowest BCUT2D eigenvalue weighted by Crippen LogP contribution is -2.36. The zero-order chi connectivity index (χ0) is 16.5. The van der Waals surface area contributed by atoms with Crippen molar-refractivity contribution in [2.24, 2.45) is 7.05 Å². The number of amides is 1. The Hall–Kier alpha value is -2.76. The predicted octanol–water partition coefficient (Wildman–Crippen LogP) is 2.25. The number of H-pyrrole nitrogens is 1. The number of nitrogens with zero attached hydrogens (tertiary/aromatic N) is 4. The first kappa shape index (κ1) is 14.8. The summed E-state index contributed by atoms with van der Waals surface area (Å²) in [5, 5.41) is 0. The minimum absolute atomic E-state index is 0.106. The summed E-state index contributed by atoms with van der Waals surface area (Å²) in [4.78, 5) is 24.9. The fourth-order valence-electron chi connectivity index (χ4n) is 3.27. The number of nitrogens with one attached hydrogen (secondary N) is 1. The van der Waals surface area contributed by atoms with Gasteiger partial charge in [-0.25, -0.2) is 4.98 Å². The number of aromatic amines is 1. The lowest BCUT2D eigenvalue weighted by Gasteiger charge is -2.22. The lowest BCUT2D eigenvalue weighted by atomic mass is 10.3. The van der Waals surface area contributed by atoms with Crippen LogP contribution in [-0.2, 0) is 7.05 Å². The molecule has 3 heterocycles. The van der Waals surface area contributed by atoms with Crippen LogP contribution in [0.5, 0.6) is 0 Å². The monoisotopic (exact) mass is 323 g/mol. The molecule has 0 unspecified atom stereocenters. The van der Waals surface area contributed by atoms with Crippen LogP contribution in [0.15, 0.2) is 42.6 Å². The molecule has 0 saturated carbocycles. The minimum Gasteiger partial charge on any atom is -0.347 e. The van der Waals surface area contributed by atoms with E-state index in [-0.39, 0.29) is 5.91 Å². The molecule has 6 nitrogen and oxygen atoms in total. The zero-order valence-electron chi connectivity index (χ0n) is 13.8. The molecule has 1 aliphatic heterocycles. The molecule has 4 rings (SSSR count). The number of hydrogen-bond donors (Lipinski definition) is 1. The molecule has 1 amide bonds. The van der Waals surface area contributed by atoms with Gasteiger partial charge in [-0.05, 0) is 30.7 Å². The number of fused-ring (bicyclic) bond motifs is 1. The van der Waals surface area contributed by atoms with Gasteiger partial charge in [0.2, 0.25) is 5.95 Å². The Morgan fingerprint density at radius 1 is 1.08 bits per heavy atom. The largest absolute Gasteiger partial charge is 0.347 e. The van der Waals surface area contributed by atoms with Crippen LogP contribution in [0.1, 0.15) is 16.9 Å². The maximum atomic E-state index is 12.7. The van der Waals surface area contributed by atoms with Crippen molar-refractivity contribution in [3.05, 3.63) is 48.3 Å². The van der Waals surface area contributed by atoms with Crippen molar-refractivity contribution < 1.29 is 4.79 Å². The molecule has 24 heavy (non-hydrogen) atoms. The van der Waals surface area contributed by atoms with Crippen LogP contribution < -0.4 is 4.90 Å². The van der Waals surface area contributed by atoms with E-state index in [0.29, 0.717) is 6.54 Å². The molecule has 1 saturated heterocycles. The third kappa shape index (κ3) is 2.64. The van der Waals surface area contributed by atoms with Crippen molar-refractivity contribution in [1.82, 2.24) is 19.4 Å². The second kappa shape index (κ2) is 6.03. The highest BCUT2D eigenvalue weighted by atomic mass is 16.2. The number of hydrogen-bond acceptors (Lipinski definition) is 3. The van der Waals surface area contributed by atoms with E-state index in [2.05, 4.69) is 14.9 Å². The molecule has 6 heteroatoms. The second-order valence-electron chi connectivity index (χ2n) is 6.21. The van der Waals surface area contributed by atoms with Crippen LogP contribution >= 0.6 is 0 Å². The SMILES string of the molecule is Cn1cccc1C(=O)N1CCCN(c2nc3ccccc3[nH]2)CC1. The molecule has 0 spiro atoms. The van der Waals surface area contributed by atoms with Gasteiger partial charge < -0.3 is 19.4 Å². The second-order valence-corrected chi connectivity index (χ2v) is 6.21. The van der Waals surface area contributed by atoms with Crippen molar-refractivity contribution in [1.29, 1.82) is 0 Å². The van der Waals surface area contributed by atoms with Gasteiger partial charge in [0.05, 0.1) is 11.0 Å². The van der Waals surface area contributed by atoms with Gasteiger partial charge in [0.15, 0.2) is 0 Å². The Labute approximate surface area is 140 Å². The van der Waals surface area contributed by atoms with E-state index in [1.165, 1.54) is 0 Å². The van der Waals surface area contributed by atoms with Crippen molar-refractivity contribution in [2.45, 2.75) is 6.42 Å². The number of rotatable bonds is 2. The number of aryl methyl sites for hydroxylation is 1. The average molecular weight is 323 g/mol. The van der Waals surface area contributed by atoms with Gasteiger partial charge in [-0.2, -0.15) is 0 Å². The number of carbonyl (C=O) groups excluding carboxylic acids is 1. The van der Waals surface area contributed by atoms with Gasteiger partial charge >= 0.3 is 0 Å². The quantitative estimate of drug-likeness (QED) is 0.787. The van der Waals surface area contributed by atoms with Crippen LogP contribution in [-0.4, -0.2) is 51.5 Å². The molecular weight excluding hydrogens is 302 g/mol. The van der Waals surface area contributed by atoms with E-state index in [1.807, 2.05) is 59.1 Å². The summed E-state index contributed by atoms with van der Waals surface area (Å²) in [6.45, 7) is 3.18. The van der Waals surface area contributed by atoms with Gasteiger partial charge in [0.1, 0.15) is 5.69 Å². The number of para-hydroxylation sites is 2. The van der Waals surface area contributed by atoms with E-state index < -0.39 is 0 Å². The van der Waals surface area contributed by atoms with E-state index in [1.54, 1.807) is 0 Å². The average Bonchev–Trinajstić information content (AvgIpc) is 3.13. The van der Waals surface area contributed by atoms with Gasteiger partial charge in [-0.1, -0.05) is 12.1 Å². The molecule has 0 aliphatic carbocycles. The Morgan fingerprint density at radius 2 is 1.96 bits per heavy atom. The Bertz CT molecular complexity index is 832. The molecule has 1 aromatic carbocycles. The standard InChI is InChI=1S/C18H21N5O/c1-21-9-4-8-16(21)17(24)22-10-5-11-23(13-12-22)18-19-14-6-2-3-7-15(14)20-18/h2-4,6-9H,5,10-13H2,1H3,(H,19,20). The molecule has 0 atom stereocenters. The maximum Gasteiger partial charge on any atom is 0.270 e. The first-order valence-electron chi connectivity index (χ1n) is 8.33. The Morgan fingerprint density at radius 3 is 2.75 bits per heavy atom. The summed E-state index contributed by atoms with van der Waals surface area (Å²) in [5.74, 6) is 0.998. The van der Waals surface area contributed by atoms with E-state index in [4.69, 9.17) is 0 Å². The third-order valence-corrected chi connectivity index (χ3v) is 4.62.